The van der Waals surface area contributed by atoms with Crippen LogP contribution in [-0.4, -0.2) is 9.86 Å². The molecule has 0 fully saturated rings. The van der Waals surface area contributed by atoms with Gasteiger partial charge >= 0.3 is 0 Å². The van der Waals surface area contributed by atoms with Crippen molar-refractivity contribution in [2.45, 2.75) is 149 Å². The molecule has 1 unspecified atom stereocenters. The molecule has 0 N–H and O–H groups in total. The second-order valence-electron chi connectivity index (χ2n) is 16.5. The lowest BCUT2D eigenvalue weighted by Gasteiger charge is -2.33. The molecule has 295 valence electrons. The third kappa shape index (κ3) is 10.2. The normalized spacial score (nSPS) is 13.1. The minimum Gasteiger partial charge on any atom is -0.311 e. The van der Waals surface area contributed by atoms with Gasteiger partial charge < -0.3 is 4.90 Å². The van der Waals surface area contributed by atoms with Crippen molar-refractivity contribution in [2.75, 3.05) is 4.90 Å². The van der Waals surface area contributed by atoms with E-state index in [4.69, 9.17) is 4.72 Å². The van der Waals surface area contributed by atoms with E-state index in [2.05, 4.69) is 157 Å². The fraction of sp³-hybridized carbons (Fsp3) is 0.434. The summed E-state index contributed by atoms with van der Waals surface area (Å²) in [4.78, 5) is 2.40. The van der Waals surface area contributed by atoms with Gasteiger partial charge in [-0.2, -0.15) is 0 Å². The van der Waals surface area contributed by atoms with E-state index in [0.717, 1.165) is 6.42 Å². The van der Waals surface area contributed by atoms with E-state index in [1.54, 1.807) is 11.1 Å². The van der Waals surface area contributed by atoms with E-state index in [9.17, 15) is 0 Å². The Hall–Kier alpha value is -4.11. The van der Waals surface area contributed by atoms with Gasteiger partial charge in [0.05, 0.1) is 0 Å². The third-order valence-corrected chi connectivity index (χ3v) is 12.5. The van der Waals surface area contributed by atoms with Crippen molar-refractivity contribution in [1.29, 1.82) is 1.45 Å². The molecule has 1 nitrogen and oxygen atoms in total. The number of unbranched alkanes of at least 4 members (excludes halogenated alkanes) is 10. The van der Waals surface area contributed by atoms with Crippen molar-refractivity contribution in [3.05, 3.63) is 137 Å². The van der Waals surface area contributed by atoms with Crippen molar-refractivity contribution in [1.82, 2.24) is 0 Å². The predicted octanol–water partition coefficient (Wildman–Crippen LogP) is 16.5. The molecule has 5 aromatic carbocycles. The Morgan fingerprint density at radius 1 is 0.518 bits per heavy atom. The summed E-state index contributed by atoms with van der Waals surface area (Å²) in [7, 11) is 0. The van der Waals surface area contributed by atoms with Gasteiger partial charge in [-0.05, 0) is 120 Å². The number of nitrogens with zero attached hydrogens (tertiary/aromatic N) is 1. The molecular formula is C53H68BFN. The van der Waals surface area contributed by atoms with Crippen LogP contribution in [0.5, 0.6) is 0 Å². The summed E-state index contributed by atoms with van der Waals surface area (Å²) < 4.78 is 13.0. The van der Waals surface area contributed by atoms with E-state index in [0.29, 0.717) is 5.92 Å². The Bertz CT molecular complexity index is 1900. The lowest BCUT2D eigenvalue weighted by atomic mass is 9.70. The number of rotatable bonds is 20. The van der Waals surface area contributed by atoms with Crippen molar-refractivity contribution >= 4 is 25.5 Å². The predicted molar refractivity (Wildman–Crippen MR) is 245 cm³/mol. The van der Waals surface area contributed by atoms with Crippen molar-refractivity contribution < 1.29 is 4.72 Å². The highest BCUT2D eigenvalue weighted by molar-refractivity contribution is 5.85. The quantitative estimate of drug-likeness (QED) is 0.0566. The fourth-order valence-corrected chi connectivity index (χ4v) is 9.00. The zero-order chi connectivity index (χ0) is 39.9. The van der Waals surface area contributed by atoms with Crippen LogP contribution >= 0.6 is 0 Å². The van der Waals surface area contributed by atoms with Crippen molar-refractivity contribution in [3.63, 3.8) is 0 Å². The molecule has 6 rings (SSSR count). The van der Waals surface area contributed by atoms with Gasteiger partial charge in [-0.1, -0.05) is 183 Å². The Morgan fingerprint density at radius 2 is 0.946 bits per heavy atom. The Labute approximate surface area is 343 Å². The third-order valence-electron chi connectivity index (χ3n) is 12.5. The van der Waals surface area contributed by atoms with E-state index in [1.807, 2.05) is 0 Å². The van der Waals surface area contributed by atoms with E-state index in [-0.39, 0.29) is 13.8 Å². The average Bonchev–Trinajstić information content (AvgIpc) is 3.50. The summed E-state index contributed by atoms with van der Waals surface area (Å²) in [5.41, 5.74) is 16.5. The number of hydrogen-bond donors (Lipinski definition) is 0. The fourth-order valence-electron chi connectivity index (χ4n) is 9.00. The summed E-state index contributed by atoms with van der Waals surface area (Å²) in [6, 6.07) is 42.2. The molecule has 0 aliphatic heterocycles. The number of halogens is 1. The molecule has 1 aliphatic rings. The van der Waals surface area contributed by atoms with E-state index >= 15 is 0 Å². The summed E-state index contributed by atoms with van der Waals surface area (Å²) >= 11 is 0. The maximum atomic E-state index is 8.75. The number of hydrogen-bond acceptors (Lipinski definition) is 1. The molecule has 56 heavy (non-hydrogen) atoms. The van der Waals surface area contributed by atoms with Crippen LogP contribution in [0.15, 0.2) is 109 Å². The van der Waals surface area contributed by atoms with Crippen LogP contribution in [0.2, 0.25) is 0 Å². The van der Waals surface area contributed by atoms with Gasteiger partial charge in [-0.3, -0.25) is 4.72 Å². The van der Waals surface area contributed by atoms with Crippen LogP contribution in [0.1, 0.15) is 158 Å². The van der Waals surface area contributed by atoms with Gasteiger partial charge in [0.15, 0.2) is 0 Å². The number of benzene rings is 5. The monoisotopic (exact) mass is 751 g/mol. The van der Waals surface area contributed by atoms with Crippen LogP contribution in [0, 0.1) is 13.8 Å². The van der Waals surface area contributed by atoms with Gasteiger partial charge in [0.1, 0.15) is 0 Å². The molecule has 0 amide bonds. The lowest BCUT2D eigenvalue weighted by Crippen LogP contribution is -2.25. The lowest BCUT2D eigenvalue weighted by molar-refractivity contribution is 0.398. The summed E-state index contributed by atoms with van der Waals surface area (Å²) in [5, 5.41) is 0. The first kappa shape index (κ1) is 43.0. The Balaban J connectivity index is 0.00000236. The van der Waals surface area contributed by atoms with Crippen LogP contribution in [0.25, 0.3) is 22.3 Å². The minimum absolute atomic E-state index is 0. The highest BCUT2D eigenvalue weighted by atomic mass is 19.0. The minimum atomic E-state index is 0. The first-order valence-corrected chi connectivity index (χ1v) is 21.7. The van der Waals surface area contributed by atoms with Gasteiger partial charge in [0, 0.05) is 30.9 Å². The molecular weight excluding hydrogens is 680 g/mol. The van der Waals surface area contributed by atoms with Crippen LogP contribution < -0.4 is 4.90 Å². The largest absolute Gasteiger partial charge is 0.311 e. The van der Waals surface area contributed by atoms with Gasteiger partial charge in [-0.15, -0.1) is 0 Å². The maximum Gasteiger partial charge on any atom is 0.269 e. The smallest absolute Gasteiger partial charge is 0.269 e. The molecule has 1 aliphatic carbocycles. The van der Waals surface area contributed by atoms with E-state index < -0.39 is 0 Å². The topological polar surface area (TPSA) is 3.24 Å². The molecule has 3 radical (unpaired) electrons. The second-order valence-corrected chi connectivity index (χ2v) is 16.5. The Morgan fingerprint density at radius 3 is 1.48 bits per heavy atom. The molecule has 0 bridgehead atoms. The van der Waals surface area contributed by atoms with Crippen molar-refractivity contribution in [2.24, 2.45) is 0 Å². The van der Waals surface area contributed by atoms with Crippen LogP contribution in [0.3, 0.4) is 0 Å². The Kier molecular flexibility index (Phi) is 16.5. The molecule has 0 aromatic heterocycles. The summed E-state index contributed by atoms with van der Waals surface area (Å²) in [5.74, 6) is 0.561. The first-order valence-electron chi connectivity index (χ1n) is 22.1. The average molecular weight is 751 g/mol. The van der Waals surface area contributed by atoms with Crippen LogP contribution in [-0.2, 0) is 5.41 Å². The summed E-state index contributed by atoms with van der Waals surface area (Å²) in [6.07, 6.45) is 19.8. The molecule has 0 saturated carbocycles. The molecule has 3 heteroatoms. The molecule has 1 atom stereocenters. The zero-order valence-corrected chi connectivity index (χ0v) is 35.5. The number of anilines is 3. The first-order chi connectivity index (χ1) is 27.4. The standard InChI is InChI=1S/C53H67N.B.FH/c1-7-10-12-14-16-18-36-53(37-19-17-15-13-11-8-2)51-38-41(5)22-34-49(51)50-35-27-45(39-52(50)53)44-25-32-48(33-26-44)54(46-28-20-40(4)21-29-46)47-30-23-43(24-31-47)42(6)9-3;;/h20-35,38-39,42H,7-19,36-37H2,1-6H3;;1H/i/hT. The van der Waals surface area contributed by atoms with Gasteiger partial charge in [0.25, 0.3) is 1.45 Å². The molecule has 0 saturated heterocycles. The van der Waals surface area contributed by atoms with E-state index in [1.165, 1.54) is 146 Å². The molecule has 0 spiro atoms. The molecule has 0 heterocycles. The van der Waals surface area contributed by atoms with Gasteiger partial charge in [0.2, 0.25) is 0 Å². The maximum absolute atomic E-state index is 8.75. The number of aryl methyl sites for hydroxylation is 2. The van der Waals surface area contributed by atoms with Crippen molar-refractivity contribution in [3.8, 4) is 22.3 Å². The SMILES string of the molecule is CCCCCCCCC1(CCCCCCCC)c2cc(C)ccc2-c2ccc(-c3ccc(N(c4ccc(C)cc4)c4ccc(C(C)CC)cc4)cc3)cc21.[3H]F.[B]. The van der Waals surface area contributed by atoms with Crippen LogP contribution in [0.4, 0.5) is 21.8 Å². The molecule has 5 aromatic rings. The highest BCUT2D eigenvalue weighted by Crippen LogP contribution is 2.55. The zero-order valence-electron chi connectivity index (χ0n) is 36.5. The summed E-state index contributed by atoms with van der Waals surface area (Å²) in [6.45, 7) is 13.7. The highest BCUT2D eigenvalue weighted by Gasteiger charge is 2.42. The number of fused-ring (bicyclic) bond motifs is 3. The second kappa shape index (κ2) is 21.4. The van der Waals surface area contributed by atoms with Gasteiger partial charge in [-0.25, -0.2) is 0 Å².